The maximum Gasteiger partial charge on any atom is 0.333 e. The Balaban J connectivity index is 1.44. The topological polar surface area (TPSA) is 50.5 Å². The zero-order valence-corrected chi connectivity index (χ0v) is 19.0. The molecule has 0 spiro atoms. The predicted molar refractivity (Wildman–Crippen MR) is 131 cm³/mol. The van der Waals surface area contributed by atoms with Crippen molar-refractivity contribution in [2.75, 3.05) is 24.5 Å². The Labute approximate surface area is 189 Å². The van der Waals surface area contributed by atoms with Crippen molar-refractivity contribution in [1.29, 1.82) is 0 Å². The lowest BCUT2D eigenvalue weighted by molar-refractivity contribution is -0.119. The summed E-state index contributed by atoms with van der Waals surface area (Å²) in [7, 11) is 0. The number of carbonyl (C=O) groups excluding carboxylic acids is 1. The van der Waals surface area contributed by atoms with Crippen LogP contribution in [0, 0.1) is 0 Å². The van der Waals surface area contributed by atoms with Crippen molar-refractivity contribution in [3.05, 3.63) is 71.7 Å². The Morgan fingerprint density at radius 3 is 2.25 bits per heavy atom. The van der Waals surface area contributed by atoms with Crippen LogP contribution in [0.1, 0.15) is 33.1 Å². The summed E-state index contributed by atoms with van der Waals surface area (Å²) in [5.41, 5.74) is 3.53. The molecule has 0 atom stereocenters. The third kappa shape index (κ3) is 4.28. The van der Waals surface area contributed by atoms with Gasteiger partial charge in [-0.25, -0.2) is 4.79 Å². The monoisotopic (exact) mass is 432 g/mol. The van der Waals surface area contributed by atoms with Gasteiger partial charge in [-0.15, -0.1) is 0 Å². The van der Waals surface area contributed by atoms with Crippen LogP contribution in [0.15, 0.2) is 66.0 Å². The van der Waals surface area contributed by atoms with Crippen molar-refractivity contribution in [1.82, 2.24) is 14.0 Å². The average molecular weight is 433 g/mol. The number of hydrogen-bond donors (Lipinski definition) is 0. The van der Waals surface area contributed by atoms with Gasteiger partial charge < -0.3 is 9.80 Å². The summed E-state index contributed by atoms with van der Waals surface area (Å²) in [5.74, 6) is 0.175. The third-order valence-corrected chi connectivity index (χ3v) is 6.38. The van der Waals surface area contributed by atoms with Crippen molar-refractivity contribution in [3.8, 4) is 0 Å². The first-order valence-electron chi connectivity index (χ1n) is 11.5. The van der Waals surface area contributed by atoms with E-state index in [1.165, 1.54) is 0 Å². The molecule has 1 fully saturated rings. The van der Waals surface area contributed by atoms with Gasteiger partial charge in [0.15, 0.2) is 0 Å². The van der Waals surface area contributed by atoms with Crippen LogP contribution in [0.3, 0.4) is 0 Å². The second kappa shape index (κ2) is 9.57. The first-order chi connectivity index (χ1) is 15.5. The SMILES string of the molecule is C=C(C)n1c(=O)n(CCN2CCC(N(C(=O)CC)c3ccccc3)CC2)c2ccccc21. The van der Waals surface area contributed by atoms with E-state index in [1.54, 1.807) is 4.57 Å². The molecular weight excluding hydrogens is 400 g/mol. The molecule has 6 nitrogen and oxygen atoms in total. The molecule has 2 heterocycles. The highest BCUT2D eigenvalue weighted by Crippen LogP contribution is 2.25. The van der Waals surface area contributed by atoms with Crippen molar-refractivity contribution >= 4 is 28.3 Å². The second-order valence-electron chi connectivity index (χ2n) is 8.52. The molecule has 1 saturated heterocycles. The number of allylic oxidation sites excluding steroid dienone is 1. The van der Waals surface area contributed by atoms with E-state index < -0.39 is 0 Å². The normalized spacial score (nSPS) is 15.2. The Kier molecular flexibility index (Phi) is 6.61. The number of piperidine rings is 1. The minimum atomic E-state index is -0.0302. The summed E-state index contributed by atoms with van der Waals surface area (Å²) in [6.07, 6.45) is 2.37. The maximum absolute atomic E-state index is 13.0. The van der Waals surface area contributed by atoms with Gasteiger partial charge >= 0.3 is 5.69 Å². The molecule has 6 heteroatoms. The lowest BCUT2D eigenvalue weighted by Gasteiger charge is -2.38. The number of likely N-dealkylation sites (tertiary alicyclic amines) is 1. The Morgan fingerprint density at radius 1 is 1.00 bits per heavy atom. The van der Waals surface area contributed by atoms with E-state index in [-0.39, 0.29) is 17.6 Å². The third-order valence-electron chi connectivity index (χ3n) is 6.38. The van der Waals surface area contributed by atoms with Gasteiger partial charge in [-0.1, -0.05) is 43.8 Å². The number of imidazole rings is 1. The van der Waals surface area contributed by atoms with Gasteiger partial charge in [0.1, 0.15) is 0 Å². The molecule has 4 rings (SSSR count). The minimum absolute atomic E-state index is 0.0302. The molecule has 32 heavy (non-hydrogen) atoms. The summed E-state index contributed by atoms with van der Waals surface area (Å²) in [4.78, 5) is 30.1. The van der Waals surface area contributed by atoms with Crippen LogP contribution in [0.5, 0.6) is 0 Å². The van der Waals surface area contributed by atoms with Crippen LogP contribution in [0.4, 0.5) is 5.69 Å². The zero-order valence-electron chi connectivity index (χ0n) is 19.0. The number of anilines is 1. The van der Waals surface area contributed by atoms with Crippen LogP contribution < -0.4 is 10.6 Å². The number of rotatable bonds is 7. The average Bonchev–Trinajstić information content (AvgIpc) is 3.10. The van der Waals surface area contributed by atoms with E-state index in [0.29, 0.717) is 13.0 Å². The number of hydrogen-bond acceptors (Lipinski definition) is 3. The highest BCUT2D eigenvalue weighted by atomic mass is 16.2. The Morgan fingerprint density at radius 2 is 1.62 bits per heavy atom. The predicted octanol–water partition coefficient (Wildman–Crippen LogP) is 4.20. The van der Waals surface area contributed by atoms with E-state index in [9.17, 15) is 9.59 Å². The minimum Gasteiger partial charge on any atom is -0.309 e. The molecule has 2 aromatic carbocycles. The molecule has 1 aliphatic heterocycles. The van der Waals surface area contributed by atoms with E-state index in [1.807, 2.05) is 77.9 Å². The molecule has 0 saturated carbocycles. The smallest absolute Gasteiger partial charge is 0.309 e. The summed E-state index contributed by atoms with van der Waals surface area (Å²) >= 11 is 0. The number of para-hydroxylation sites is 3. The van der Waals surface area contributed by atoms with Crippen LogP contribution >= 0.6 is 0 Å². The van der Waals surface area contributed by atoms with Crippen molar-refractivity contribution in [2.45, 2.75) is 45.7 Å². The molecule has 0 aliphatic carbocycles. The molecule has 0 radical (unpaired) electrons. The summed E-state index contributed by atoms with van der Waals surface area (Å²) in [5, 5.41) is 0. The van der Waals surface area contributed by atoms with Crippen LogP contribution in [0.25, 0.3) is 16.7 Å². The van der Waals surface area contributed by atoms with Gasteiger partial charge in [-0.3, -0.25) is 13.9 Å². The fourth-order valence-corrected chi connectivity index (χ4v) is 4.75. The number of benzene rings is 2. The highest BCUT2D eigenvalue weighted by Gasteiger charge is 2.28. The first kappa shape index (κ1) is 22.1. The zero-order chi connectivity index (χ0) is 22.7. The standard InChI is InChI=1S/C26H32N4O2/c1-4-25(31)30(21-10-6-5-7-11-21)22-14-16-27(17-15-22)18-19-28-23-12-8-9-13-24(23)29(20(2)3)26(28)32/h5-13,22H,2,4,14-19H2,1,3H3. The molecule has 0 unspecified atom stereocenters. The maximum atomic E-state index is 13.0. The number of amides is 1. The Bertz CT molecular complexity index is 1150. The lowest BCUT2D eigenvalue weighted by atomic mass is 10.0. The molecule has 0 N–H and O–H groups in total. The molecule has 3 aromatic rings. The number of fused-ring (bicyclic) bond motifs is 1. The largest absolute Gasteiger partial charge is 0.333 e. The van der Waals surface area contributed by atoms with Gasteiger partial charge in [0.05, 0.1) is 11.0 Å². The van der Waals surface area contributed by atoms with Crippen molar-refractivity contribution in [3.63, 3.8) is 0 Å². The van der Waals surface area contributed by atoms with E-state index >= 15 is 0 Å². The summed E-state index contributed by atoms with van der Waals surface area (Å²) < 4.78 is 3.54. The number of carbonyl (C=O) groups is 1. The van der Waals surface area contributed by atoms with Crippen LogP contribution in [-0.4, -0.2) is 45.6 Å². The second-order valence-corrected chi connectivity index (χ2v) is 8.52. The van der Waals surface area contributed by atoms with Gasteiger partial charge in [-0.05, 0) is 44.0 Å². The highest BCUT2D eigenvalue weighted by molar-refractivity contribution is 5.93. The van der Waals surface area contributed by atoms with Gasteiger partial charge in [0.2, 0.25) is 5.91 Å². The molecule has 1 aromatic heterocycles. The number of aromatic nitrogens is 2. The van der Waals surface area contributed by atoms with E-state index in [0.717, 1.165) is 54.9 Å². The van der Waals surface area contributed by atoms with Gasteiger partial charge in [-0.2, -0.15) is 0 Å². The number of nitrogens with zero attached hydrogens (tertiary/aromatic N) is 4. The quantitative estimate of drug-likeness (QED) is 0.562. The molecule has 1 aliphatic rings. The van der Waals surface area contributed by atoms with E-state index in [4.69, 9.17) is 0 Å². The molecule has 0 bridgehead atoms. The van der Waals surface area contributed by atoms with Gasteiger partial charge in [0.25, 0.3) is 0 Å². The van der Waals surface area contributed by atoms with Crippen molar-refractivity contribution < 1.29 is 4.79 Å². The molecule has 168 valence electrons. The molecular formula is C26H32N4O2. The lowest BCUT2D eigenvalue weighted by Crippen LogP contribution is -2.48. The summed E-state index contributed by atoms with van der Waals surface area (Å²) in [6, 6.07) is 18.1. The fourth-order valence-electron chi connectivity index (χ4n) is 4.75. The van der Waals surface area contributed by atoms with Crippen molar-refractivity contribution in [2.24, 2.45) is 0 Å². The first-order valence-corrected chi connectivity index (χ1v) is 11.5. The van der Waals surface area contributed by atoms with E-state index in [2.05, 4.69) is 11.5 Å². The fraction of sp³-hybridized carbons (Fsp3) is 0.385. The van der Waals surface area contributed by atoms with Crippen LogP contribution in [0.2, 0.25) is 0 Å². The van der Waals surface area contributed by atoms with Crippen LogP contribution in [-0.2, 0) is 11.3 Å². The van der Waals surface area contributed by atoms with Gasteiger partial charge in [0, 0.05) is 50.0 Å². The summed E-state index contributed by atoms with van der Waals surface area (Å²) in [6.45, 7) is 11.0. The Hall–Kier alpha value is -3.12. The molecule has 1 amide bonds.